The van der Waals surface area contributed by atoms with Crippen molar-refractivity contribution in [2.45, 2.75) is 19.9 Å². The number of hydrogen-bond acceptors (Lipinski definition) is 5. The summed E-state index contributed by atoms with van der Waals surface area (Å²) in [6.45, 7) is 5.77. The lowest BCUT2D eigenvalue weighted by molar-refractivity contribution is 0.303. The van der Waals surface area contributed by atoms with E-state index in [1.54, 1.807) is 0 Å². The van der Waals surface area contributed by atoms with Gasteiger partial charge in [-0.1, -0.05) is 11.6 Å². The average molecular weight is 280 g/mol. The fourth-order valence-electron chi connectivity index (χ4n) is 2.31. The highest BCUT2D eigenvalue weighted by Gasteiger charge is 2.26. The van der Waals surface area contributed by atoms with Crippen molar-refractivity contribution in [1.82, 2.24) is 20.6 Å². The molecule has 1 N–H and O–H groups in total. The van der Waals surface area contributed by atoms with Crippen molar-refractivity contribution < 1.29 is 4.74 Å². The number of anilines is 1. The van der Waals surface area contributed by atoms with Crippen molar-refractivity contribution in [2.75, 3.05) is 18.1 Å². The number of H-pyrrole nitrogens is 1. The molecule has 1 aromatic heterocycles. The summed E-state index contributed by atoms with van der Waals surface area (Å²) < 4.78 is 5.71. The number of aromatic amines is 1. The zero-order valence-electron chi connectivity index (χ0n) is 10.7. The third kappa shape index (κ3) is 2.12. The molecule has 0 amide bonds. The van der Waals surface area contributed by atoms with E-state index in [0.717, 1.165) is 23.5 Å². The zero-order valence-corrected chi connectivity index (χ0v) is 11.5. The number of aromatic nitrogens is 4. The molecule has 19 heavy (non-hydrogen) atoms. The Bertz CT molecular complexity index is 584. The van der Waals surface area contributed by atoms with Crippen LogP contribution in [0.15, 0.2) is 12.1 Å². The van der Waals surface area contributed by atoms with E-state index in [4.69, 9.17) is 16.3 Å². The molecule has 6 nitrogen and oxygen atoms in total. The molecule has 2 aromatic rings. The molecule has 0 unspecified atom stereocenters. The Morgan fingerprint density at radius 3 is 2.95 bits per heavy atom. The Balaban J connectivity index is 2.21. The van der Waals surface area contributed by atoms with E-state index < -0.39 is 0 Å². The van der Waals surface area contributed by atoms with Crippen LogP contribution in [-0.2, 0) is 0 Å². The van der Waals surface area contributed by atoms with Gasteiger partial charge in [-0.2, -0.15) is 5.21 Å². The van der Waals surface area contributed by atoms with Gasteiger partial charge in [-0.25, -0.2) is 0 Å². The zero-order chi connectivity index (χ0) is 13.4. The first kappa shape index (κ1) is 12.2. The van der Waals surface area contributed by atoms with Crippen LogP contribution in [0.4, 0.5) is 5.69 Å². The van der Waals surface area contributed by atoms with Crippen LogP contribution in [0.2, 0.25) is 5.02 Å². The topological polar surface area (TPSA) is 66.9 Å². The van der Waals surface area contributed by atoms with Crippen LogP contribution in [0, 0.1) is 0 Å². The summed E-state index contributed by atoms with van der Waals surface area (Å²) in [6.07, 6.45) is 0. The van der Waals surface area contributed by atoms with Crippen LogP contribution in [0.5, 0.6) is 5.75 Å². The van der Waals surface area contributed by atoms with Gasteiger partial charge in [-0.3, -0.25) is 0 Å². The Labute approximate surface area is 115 Å². The third-order valence-electron chi connectivity index (χ3n) is 3.13. The summed E-state index contributed by atoms with van der Waals surface area (Å²) >= 11 is 6.14. The highest BCUT2D eigenvalue weighted by atomic mass is 35.5. The van der Waals surface area contributed by atoms with Gasteiger partial charge in [-0.15, -0.1) is 10.2 Å². The number of hydrogen-bond donors (Lipinski definition) is 1. The molecule has 0 atom stereocenters. The van der Waals surface area contributed by atoms with Gasteiger partial charge in [0.25, 0.3) is 0 Å². The van der Waals surface area contributed by atoms with Crippen molar-refractivity contribution in [3.8, 4) is 17.1 Å². The van der Waals surface area contributed by atoms with E-state index in [1.807, 2.05) is 12.1 Å². The molecule has 0 aliphatic carbocycles. The number of rotatable bonds is 2. The molecule has 0 radical (unpaired) electrons. The van der Waals surface area contributed by atoms with Gasteiger partial charge in [0.2, 0.25) is 5.82 Å². The predicted octanol–water partition coefficient (Wildman–Crippen LogP) is 2.13. The first-order valence-electron chi connectivity index (χ1n) is 6.13. The first-order chi connectivity index (χ1) is 9.16. The molecule has 0 bridgehead atoms. The van der Waals surface area contributed by atoms with Crippen LogP contribution < -0.4 is 9.64 Å². The standard InChI is InChI=1S/C12H14ClN5O/c1-7(2)18-3-4-19-10-6-8(13)5-9(11(10)18)12-14-16-17-15-12/h5-7H,3-4H2,1-2H3,(H,14,15,16,17). The molecule has 0 fully saturated rings. The van der Waals surface area contributed by atoms with Crippen LogP contribution >= 0.6 is 11.6 Å². The van der Waals surface area contributed by atoms with Gasteiger partial charge in [0, 0.05) is 17.1 Å². The van der Waals surface area contributed by atoms with E-state index >= 15 is 0 Å². The number of nitrogens with one attached hydrogen (secondary N) is 1. The number of fused-ring (bicyclic) bond motifs is 1. The highest BCUT2D eigenvalue weighted by Crippen LogP contribution is 2.42. The summed E-state index contributed by atoms with van der Waals surface area (Å²) in [4.78, 5) is 2.26. The quantitative estimate of drug-likeness (QED) is 0.912. The number of nitrogens with zero attached hydrogens (tertiary/aromatic N) is 4. The SMILES string of the molecule is CC(C)N1CCOc2cc(Cl)cc(-c3nn[nH]n3)c21. The molecular formula is C12H14ClN5O. The second-order valence-electron chi connectivity index (χ2n) is 4.67. The lowest BCUT2D eigenvalue weighted by atomic mass is 10.1. The minimum absolute atomic E-state index is 0.356. The molecule has 3 rings (SSSR count). The lowest BCUT2D eigenvalue weighted by Crippen LogP contribution is -2.38. The smallest absolute Gasteiger partial charge is 0.206 e. The first-order valence-corrected chi connectivity index (χ1v) is 6.51. The van der Waals surface area contributed by atoms with Gasteiger partial charge in [0.05, 0.1) is 17.8 Å². The second-order valence-corrected chi connectivity index (χ2v) is 5.11. The van der Waals surface area contributed by atoms with Gasteiger partial charge in [-0.05, 0) is 25.1 Å². The van der Waals surface area contributed by atoms with E-state index in [0.29, 0.717) is 23.5 Å². The molecule has 1 aromatic carbocycles. The van der Waals surface area contributed by atoms with Gasteiger partial charge >= 0.3 is 0 Å². The Morgan fingerprint density at radius 2 is 2.26 bits per heavy atom. The summed E-state index contributed by atoms with van der Waals surface area (Å²) in [5.74, 6) is 1.29. The van der Waals surface area contributed by atoms with Crippen LogP contribution in [-0.4, -0.2) is 39.8 Å². The number of halogens is 1. The molecule has 7 heteroatoms. The van der Waals surface area contributed by atoms with Crippen molar-refractivity contribution in [3.05, 3.63) is 17.2 Å². The molecule has 0 saturated heterocycles. The number of benzene rings is 1. The Morgan fingerprint density at radius 1 is 1.42 bits per heavy atom. The summed E-state index contributed by atoms with van der Waals surface area (Å²) in [5, 5.41) is 14.8. The molecule has 1 aliphatic rings. The maximum absolute atomic E-state index is 6.14. The van der Waals surface area contributed by atoms with E-state index in [1.165, 1.54) is 0 Å². The molecule has 2 heterocycles. The van der Waals surface area contributed by atoms with Crippen molar-refractivity contribution >= 4 is 17.3 Å². The average Bonchev–Trinajstić information content (AvgIpc) is 2.90. The maximum Gasteiger partial charge on any atom is 0.206 e. The summed E-state index contributed by atoms with van der Waals surface area (Å²) in [5.41, 5.74) is 1.82. The molecule has 0 saturated carbocycles. The number of tetrazole rings is 1. The monoisotopic (exact) mass is 279 g/mol. The molecule has 100 valence electrons. The largest absolute Gasteiger partial charge is 0.489 e. The van der Waals surface area contributed by atoms with Gasteiger partial charge in [0.15, 0.2) is 0 Å². The van der Waals surface area contributed by atoms with Crippen LogP contribution in [0.1, 0.15) is 13.8 Å². The Hall–Kier alpha value is -1.82. The van der Waals surface area contributed by atoms with Crippen molar-refractivity contribution in [3.63, 3.8) is 0 Å². The van der Waals surface area contributed by atoms with Crippen LogP contribution in [0.25, 0.3) is 11.4 Å². The fraction of sp³-hybridized carbons (Fsp3) is 0.417. The molecular weight excluding hydrogens is 266 g/mol. The van der Waals surface area contributed by atoms with Crippen LogP contribution in [0.3, 0.4) is 0 Å². The highest BCUT2D eigenvalue weighted by molar-refractivity contribution is 6.31. The second kappa shape index (κ2) is 4.70. The normalized spacial score (nSPS) is 14.4. The number of ether oxygens (including phenoxy) is 1. The molecule has 0 spiro atoms. The van der Waals surface area contributed by atoms with E-state index in [-0.39, 0.29) is 0 Å². The van der Waals surface area contributed by atoms with E-state index in [9.17, 15) is 0 Å². The van der Waals surface area contributed by atoms with Gasteiger partial charge in [0.1, 0.15) is 12.4 Å². The maximum atomic E-state index is 6.14. The minimum Gasteiger partial charge on any atom is -0.489 e. The molecule has 1 aliphatic heterocycles. The predicted molar refractivity (Wildman–Crippen MR) is 72.6 cm³/mol. The lowest BCUT2D eigenvalue weighted by Gasteiger charge is -2.35. The fourth-order valence-corrected chi connectivity index (χ4v) is 2.52. The minimum atomic E-state index is 0.356. The van der Waals surface area contributed by atoms with Gasteiger partial charge < -0.3 is 9.64 Å². The summed E-state index contributed by atoms with van der Waals surface area (Å²) in [6, 6.07) is 4.03. The third-order valence-corrected chi connectivity index (χ3v) is 3.34. The summed E-state index contributed by atoms with van der Waals surface area (Å²) in [7, 11) is 0. The van der Waals surface area contributed by atoms with Crippen molar-refractivity contribution in [1.29, 1.82) is 0 Å². The Kier molecular flexibility index (Phi) is 3.02. The van der Waals surface area contributed by atoms with Crippen molar-refractivity contribution in [2.24, 2.45) is 0 Å². The van der Waals surface area contributed by atoms with E-state index in [2.05, 4.69) is 39.4 Å².